The second-order valence-electron chi connectivity index (χ2n) is 3.06. The van der Waals surface area contributed by atoms with E-state index in [9.17, 15) is 4.39 Å². The Morgan fingerprint density at radius 1 is 1.53 bits per heavy atom. The zero-order valence-corrected chi connectivity index (χ0v) is 8.52. The van der Waals surface area contributed by atoms with Gasteiger partial charge in [0.2, 0.25) is 0 Å². The Kier molecular flexibility index (Phi) is 3.91. The zero-order valence-electron chi connectivity index (χ0n) is 8.52. The number of hydrogen-bond donors (Lipinski definition) is 2. The fourth-order valence-corrected chi connectivity index (χ4v) is 1.30. The largest absolute Gasteiger partial charge is 0.409 e. The third-order valence-corrected chi connectivity index (χ3v) is 2.06. The molecule has 1 aromatic rings. The molecule has 4 nitrogen and oxygen atoms in total. The molecule has 0 radical (unpaired) electrons. The van der Waals surface area contributed by atoms with Crippen LogP contribution < -0.4 is 10.6 Å². The van der Waals surface area contributed by atoms with E-state index in [0.717, 1.165) is 0 Å². The van der Waals surface area contributed by atoms with Gasteiger partial charge in [-0.3, -0.25) is 0 Å². The van der Waals surface area contributed by atoms with Crippen LogP contribution in [-0.4, -0.2) is 24.1 Å². The van der Waals surface area contributed by atoms with Gasteiger partial charge in [0.05, 0.1) is 12.2 Å². The lowest BCUT2D eigenvalue weighted by molar-refractivity contribution is 0.317. The van der Waals surface area contributed by atoms with Crippen LogP contribution in [0.3, 0.4) is 0 Å². The van der Waals surface area contributed by atoms with Crippen molar-refractivity contribution < 1.29 is 9.60 Å². The molecule has 0 saturated carbocycles. The molecule has 0 aliphatic heterocycles. The highest BCUT2D eigenvalue weighted by atomic mass is 19.1. The Balaban J connectivity index is 2.88. The van der Waals surface area contributed by atoms with Crippen LogP contribution in [0, 0.1) is 5.82 Å². The summed E-state index contributed by atoms with van der Waals surface area (Å²) >= 11 is 0. The van der Waals surface area contributed by atoms with Crippen LogP contribution in [0.25, 0.3) is 0 Å². The van der Waals surface area contributed by atoms with Crippen LogP contribution in [0.2, 0.25) is 0 Å². The normalized spacial score (nSPS) is 11.5. The highest BCUT2D eigenvalue weighted by molar-refractivity contribution is 5.84. The quantitative estimate of drug-likeness (QED) is 0.342. The van der Waals surface area contributed by atoms with Crippen LogP contribution in [0.1, 0.15) is 6.92 Å². The maximum absolute atomic E-state index is 13.4. The van der Waals surface area contributed by atoms with Crippen LogP contribution in [0.5, 0.6) is 0 Å². The number of likely N-dealkylation sites (N-methyl/N-ethyl adjacent to an activating group) is 1. The summed E-state index contributed by atoms with van der Waals surface area (Å²) in [6, 6.07) is 6.40. The van der Waals surface area contributed by atoms with Crippen molar-refractivity contribution in [2.24, 2.45) is 10.9 Å². The predicted molar refractivity (Wildman–Crippen MR) is 57.7 cm³/mol. The highest BCUT2D eigenvalue weighted by Gasteiger charge is 2.10. The van der Waals surface area contributed by atoms with Crippen LogP contribution in [0.4, 0.5) is 10.1 Å². The van der Waals surface area contributed by atoms with Crippen molar-refractivity contribution in [1.29, 1.82) is 0 Å². The molecular weight excluding hydrogens is 197 g/mol. The molecule has 0 aromatic heterocycles. The third kappa shape index (κ3) is 2.83. The molecular formula is C10H14FN3O. The summed E-state index contributed by atoms with van der Waals surface area (Å²) in [5, 5.41) is 11.3. The topological polar surface area (TPSA) is 61.8 Å². The number of rotatable bonds is 4. The lowest BCUT2D eigenvalue weighted by atomic mass is 10.2. The van der Waals surface area contributed by atoms with Crippen LogP contribution in [0.15, 0.2) is 29.4 Å². The number of para-hydroxylation sites is 1. The summed E-state index contributed by atoms with van der Waals surface area (Å²) in [7, 11) is 0. The van der Waals surface area contributed by atoms with Crippen LogP contribution >= 0.6 is 0 Å². The van der Waals surface area contributed by atoms with Gasteiger partial charge in [0, 0.05) is 6.54 Å². The molecule has 0 atom stereocenters. The summed E-state index contributed by atoms with van der Waals surface area (Å²) < 4.78 is 13.4. The van der Waals surface area contributed by atoms with Crippen molar-refractivity contribution in [3.8, 4) is 0 Å². The van der Waals surface area contributed by atoms with Gasteiger partial charge in [-0.15, -0.1) is 0 Å². The summed E-state index contributed by atoms with van der Waals surface area (Å²) in [6.45, 7) is 2.65. The second-order valence-corrected chi connectivity index (χ2v) is 3.06. The zero-order chi connectivity index (χ0) is 11.3. The van der Waals surface area contributed by atoms with Crippen molar-refractivity contribution in [3.05, 3.63) is 30.1 Å². The molecule has 1 rings (SSSR count). The first-order valence-corrected chi connectivity index (χ1v) is 4.65. The molecule has 0 heterocycles. The highest BCUT2D eigenvalue weighted by Crippen LogP contribution is 2.17. The minimum atomic E-state index is -0.315. The summed E-state index contributed by atoms with van der Waals surface area (Å²) in [6.07, 6.45) is 0. The van der Waals surface area contributed by atoms with Gasteiger partial charge in [-0.1, -0.05) is 17.3 Å². The average molecular weight is 211 g/mol. The van der Waals surface area contributed by atoms with Gasteiger partial charge in [-0.25, -0.2) is 4.39 Å². The molecule has 5 heteroatoms. The van der Waals surface area contributed by atoms with Crippen molar-refractivity contribution in [2.75, 3.05) is 18.0 Å². The summed E-state index contributed by atoms with van der Waals surface area (Å²) in [5.41, 5.74) is 5.82. The number of benzene rings is 1. The summed E-state index contributed by atoms with van der Waals surface area (Å²) in [4.78, 5) is 1.68. The smallest absolute Gasteiger partial charge is 0.158 e. The van der Waals surface area contributed by atoms with Gasteiger partial charge in [-0.2, -0.15) is 0 Å². The molecule has 0 amide bonds. The van der Waals surface area contributed by atoms with E-state index >= 15 is 0 Å². The molecule has 3 N–H and O–H groups in total. The number of anilines is 1. The van der Waals surface area contributed by atoms with Gasteiger partial charge >= 0.3 is 0 Å². The predicted octanol–water partition coefficient (Wildman–Crippen LogP) is 1.40. The van der Waals surface area contributed by atoms with E-state index < -0.39 is 0 Å². The van der Waals surface area contributed by atoms with Gasteiger partial charge in [-0.05, 0) is 19.1 Å². The van der Waals surface area contributed by atoms with Crippen molar-refractivity contribution in [1.82, 2.24) is 0 Å². The summed E-state index contributed by atoms with van der Waals surface area (Å²) in [5.74, 6) is -0.259. The maximum Gasteiger partial charge on any atom is 0.158 e. The van der Waals surface area contributed by atoms with E-state index in [1.54, 1.807) is 23.1 Å². The Morgan fingerprint density at radius 3 is 2.73 bits per heavy atom. The van der Waals surface area contributed by atoms with E-state index in [4.69, 9.17) is 10.9 Å². The molecule has 0 bridgehead atoms. The van der Waals surface area contributed by atoms with Gasteiger partial charge in [0.25, 0.3) is 0 Å². The molecule has 0 spiro atoms. The fraction of sp³-hybridized carbons (Fsp3) is 0.300. The SMILES string of the molecule is CCN(CC(N)=NO)c1ccccc1F. The Hall–Kier alpha value is -1.78. The molecule has 0 unspecified atom stereocenters. The first-order chi connectivity index (χ1) is 7.19. The third-order valence-electron chi connectivity index (χ3n) is 2.06. The Labute approximate surface area is 87.8 Å². The molecule has 0 fully saturated rings. The van der Waals surface area contributed by atoms with Crippen molar-refractivity contribution in [2.45, 2.75) is 6.92 Å². The van der Waals surface area contributed by atoms with E-state index in [1.165, 1.54) is 6.07 Å². The second kappa shape index (κ2) is 5.19. The Morgan fingerprint density at radius 2 is 2.20 bits per heavy atom. The minimum Gasteiger partial charge on any atom is -0.409 e. The average Bonchev–Trinajstić information content (AvgIpc) is 2.26. The number of oxime groups is 1. The Bertz CT molecular complexity index is 354. The fourth-order valence-electron chi connectivity index (χ4n) is 1.30. The number of amidine groups is 1. The van der Waals surface area contributed by atoms with Crippen molar-refractivity contribution in [3.63, 3.8) is 0 Å². The number of hydrogen-bond acceptors (Lipinski definition) is 3. The van der Waals surface area contributed by atoms with E-state index in [2.05, 4.69) is 5.16 Å². The number of nitrogens with zero attached hydrogens (tertiary/aromatic N) is 2. The lowest BCUT2D eigenvalue weighted by Crippen LogP contribution is -2.34. The molecule has 82 valence electrons. The first kappa shape index (κ1) is 11.3. The lowest BCUT2D eigenvalue weighted by Gasteiger charge is -2.22. The van der Waals surface area contributed by atoms with Crippen molar-refractivity contribution >= 4 is 11.5 Å². The van der Waals surface area contributed by atoms with E-state index in [0.29, 0.717) is 12.2 Å². The van der Waals surface area contributed by atoms with Gasteiger partial charge in [0.15, 0.2) is 5.84 Å². The molecule has 0 saturated heterocycles. The molecule has 1 aromatic carbocycles. The monoisotopic (exact) mass is 211 g/mol. The standard InChI is InChI=1S/C10H14FN3O/c1-2-14(7-10(12)13-15)9-6-4-3-5-8(9)11/h3-6,15H,2,7H2,1H3,(H2,12,13). The minimum absolute atomic E-state index is 0.0557. The molecule has 0 aliphatic carbocycles. The van der Waals surface area contributed by atoms with Gasteiger partial charge < -0.3 is 15.8 Å². The first-order valence-electron chi connectivity index (χ1n) is 4.65. The van der Waals surface area contributed by atoms with E-state index in [1.807, 2.05) is 6.92 Å². The maximum atomic E-state index is 13.4. The molecule has 0 aliphatic rings. The van der Waals surface area contributed by atoms with Gasteiger partial charge in [0.1, 0.15) is 5.82 Å². The number of halogens is 1. The van der Waals surface area contributed by atoms with E-state index in [-0.39, 0.29) is 18.2 Å². The van der Waals surface area contributed by atoms with Crippen LogP contribution in [-0.2, 0) is 0 Å². The number of nitrogens with two attached hydrogens (primary N) is 1. The molecule has 15 heavy (non-hydrogen) atoms.